The van der Waals surface area contributed by atoms with Gasteiger partial charge in [0.25, 0.3) is 5.56 Å². The van der Waals surface area contributed by atoms with Crippen molar-refractivity contribution in [3.8, 4) is 5.75 Å². The van der Waals surface area contributed by atoms with Crippen molar-refractivity contribution in [2.24, 2.45) is 0 Å². The molecule has 0 radical (unpaired) electrons. The van der Waals surface area contributed by atoms with E-state index in [1.807, 2.05) is 16.5 Å². The maximum atomic E-state index is 12.6. The van der Waals surface area contributed by atoms with Crippen LogP contribution in [0, 0.1) is 0 Å². The predicted molar refractivity (Wildman–Crippen MR) is 110 cm³/mol. The van der Waals surface area contributed by atoms with Crippen LogP contribution in [0.25, 0.3) is 5.52 Å². The minimum atomic E-state index is -0.0689. The zero-order chi connectivity index (χ0) is 19.8. The lowest BCUT2D eigenvalue weighted by molar-refractivity contribution is 0.0834. The molecular weight excluding hydrogens is 368 g/mol. The number of hydrogen-bond acceptors (Lipinski definition) is 5. The maximum Gasteiger partial charge on any atom is 0.274 e. The summed E-state index contributed by atoms with van der Waals surface area (Å²) < 4.78 is 12.7. The molecule has 4 heterocycles. The zero-order valence-corrected chi connectivity index (χ0v) is 16.6. The number of rotatable bonds is 5. The van der Waals surface area contributed by atoms with Gasteiger partial charge in [-0.25, -0.2) is 4.98 Å². The van der Waals surface area contributed by atoms with Crippen molar-refractivity contribution >= 4 is 5.52 Å². The number of imidazole rings is 1. The minimum Gasteiger partial charge on any atom is -0.497 e. The van der Waals surface area contributed by atoms with Crippen LogP contribution in [0.2, 0.25) is 0 Å². The second-order valence-electron chi connectivity index (χ2n) is 8.03. The molecule has 1 N–H and O–H groups in total. The van der Waals surface area contributed by atoms with E-state index in [1.165, 1.54) is 5.56 Å². The van der Waals surface area contributed by atoms with Gasteiger partial charge in [-0.15, -0.1) is 0 Å². The van der Waals surface area contributed by atoms with Gasteiger partial charge in [0.2, 0.25) is 0 Å². The van der Waals surface area contributed by atoms with Crippen molar-refractivity contribution in [2.45, 2.75) is 31.2 Å². The number of nitrogens with zero attached hydrogens (tertiary/aromatic N) is 3. The topological polar surface area (TPSA) is 71.9 Å². The van der Waals surface area contributed by atoms with E-state index in [0.717, 1.165) is 63.0 Å². The molecule has 2 aliphatic rings. The molecular formula is C22H26N4O3. The molecule has 0 saturated carbocycles. The van der Waals surface area contributed by atoms with E-state index in [9.17, 15) is 4.79 Å². The molecule has 152 valence electrons. The van der Waals surface area contributed by atoms with Crippen molar-refractivity contribution in [2.75, 3.05) is 33.4 Å². The molecule has 2 fully saturated rings. The van der Waals surface area contributed by atoms with Crippen molar-refractivity contribution < 1.29 is 9.47 Å². The molecule has 2 aliphatic heterocycles. The number of nitrogens with one attached hydrogen (secondary N) is 1. The Morgan fingerprint density at radius 3 is 2.66 bits per heavy atom. The summed E-state index contributed by atoms with van der Waals surface area (Å²) in [7, 11) is 1.69. The van der Waals surface area contributed by atoms with Gasteiger partial charge in [0.05, 0.1) is 13.3 Å². The first-order valence-electron chi connectivity index (χ1n) is 10.2. The number of likely N-dealkylation sites (tertiary alicyclic amines) is 1. The number of ether oxygens (including phenoxy) is 2. The molecule has 0 amide bonds. The Balaban J connectivity index is 1.30. The molecule has 2 aromatic heterocycles. The summed E-state index contributed by atoms with van der Waals surface area (Å²) in [5.74, 6) is 2.75. The van der Waals surface area contributed by atoms with Gasteiger partial charge in [-0.2, -0.15) is 0 Å². The fourth-order valence-corrected chi connectivity index (χ4v) is 4.44. The molecule has 0 aliphatic carbocycles. The summed E-state index contributed by atoms with van der Waals surface area (Å²) in [6.07, 6.45) is 5.65. The molecule has 7 heteroatoms. The summed E-state index contributed by atoms with van der Waals surface area (Å²) in [4.78, 5) is 22.5. The monoisotopic (exact) mass is 394 g/mol. The lowest BCUT2D eigenvalue weighted by Gasteiger charge is -2.39. The van der Waals surface area contributed by atoms with Gasteiger partial charge in [-0.1, -0.05) is 12.1 Å². The lowest BCUT2D eigenvalue weighted by Crippen LogP contribution is -2.44. The molecule has 0 bridgehead atoms. The van der Waals surface area contributed by atoms with E-state index in [-0.39, 0.29) is 5.56 Å². The summed E-state index contributed by atoms with van der Waals surface area (Å²) in [5.41, 5.74) is 2.82. The third kappa shape index (κ3) is 3.56. The molecule has 3 aromatic rings. The average Bonchev–Trinajstić information content (AvgIpc) is 3.16. The summed E-state index contributed by atoms with van der Waals surface area (Å²) in [6.45, 7) is 4.24. The highest BCUT2D eigenvalue weighted by atomic mass is 16.5. The van der Waals surface area contributed by atoms with Crippen LogP contribution in [0.5, 0.6) is 5.75 Å². The highest BCUT2D eigenvalue weighted by Gasteiger charge is 2.28. The van der Waals surface area contributed by atoms with Crippen molar-refractivity contribution in [1.82, 2.24) is 19.3 Å². The fourth-order valence-electron chi connectivity index (χ4n) is 4.44. The number of methoxy groups -OCH3 is 1. The Morgan fingerprint density at radius 2 is 1.93 bits per heavy atom. The molecule has 29 heavy (non-hydrogen) atoms. The Labute approximate surface area is 169 Å². The van der Waals surface area contributed by atoms with Gasteiger partial charge in [-0.05, 0) is 30.5 Å². The Kier molecular flexibility index (Phi) is 4.85. The SMILES string of the molecule is COc1ccc(C2CN(Cc3cn4c(C5CCOCC5)ncc4c(=O)[nH]3)C2)cc1. The Bertz CT molecular complexity index is 1040. The molecule has 0 spiro atoms. The third-order valence-electron chi connectivity index (χ3n) is 6.14. The largest absolute Gasteiger partial charge is 0.497 e. The van der Waals surface area contributed by atoms with Gasteiger partial charge in [0, 0.05) is 56.6 Å². The Morgan fingerprint density at radius 1 is 1.17 bits per heavy atom. The first-order chi connectivity index (χ1) is 14.2. The number of benzene rings is 1. The van der Waals surface area contributed by atoms with E-state index in [2.05, 4.69) is 33.2 Å². The van der Waals surface area contributed by atoms with Crippen LogP contribution in [0.3, 0.4) is 0 Å². The van der Waals surface area contributed by atoms with Crippen LogP contribution in [0.4, 0.5) is 0 Å². The number of aromatic nitrogens is 3. The highest BCUT2D eigenvalue weighted by Crippen LogP contribution is 2.30. The summed E-state index contributed by atoms with van der Waals surface area (Å²) >= 11 is 0. The van der Waals surface area contributed by atoms with E-state index in [4.69, 9.17) is 9.47 Å². The molecule has 1 aromatic carbocycles. The first-order valence-corrected chi connectivity index (χ1v) is 10.2. The third-order valence-corrected chi connectivity index (χ3v) is 6.14. The van der Waals surface area contributed by atoms with Crippen molar-refractivity contribution in [1.29, 1.82) is 0 Å². The van der Waals surface area contributed by atoms with E-state index < -0.39 is 0 Å². The van der Waals surface area contributed by atoms with Crippen LogP contribution in [0.15, 0.2) is 41.5 Å². The minimum absolute atomic E-state index is 0.0689. The number of fused-ring (bicyclic) bond motifs is 1. The fraction of sp³-hybridized carbons (Fsp3) is 0.455. The van der Waals surface area contributed by atoms with E-state index >= 15 is 0 Å². The number of aromatic amines is 1. The smallest absolute Gasteiger partial charge is 0.274 e. The van der Waals surface area contributed by atoms with Gasteiger partial charge >= 0.3 is 0 Å². The lowest BCUT2D eigenvalue weighted by atomic mass is 9.91. The summed E-state index contributed by atoms with van der Waals surface area (Å²) in [5, 5.41) is 0. The zero-order valence-electron chi connectivity index (χ0n) is 16.6. The van der Waals surface area contributed by atoms with Crippen LogP contribution in [-0.4, -0.2) is 52.7 Å². The van der Waals surface area contributed by atoms with Gasteiger partial charge in [-0.3, -0.25) is 14.1 Å². The number of hydrogen-bond donors (Lipinski definition) is 1. The first kappa shape index (κ1) is 18.4. The molecule has 2 saturated heterocycles. The van der Waals surface area contributed by atoms with E-state index in [1.54, 1.807) is 13.3 Å². The van der Waals surface area contributed by atoms with Crippen LogP contribution in [-0.2, 0) is 11.3 Å². The van der Waals surface area contributed by atoms with Crippen molar-refractivity contribution in [3.05, 3.63) is 64.1 Å². The Hall–Kier alpha value is -2.64. The van der Waals surface area contributed by atoms with E-state index in [0.29, 0.717) is 17.4 Å². The van der Waals surface area contributed by atoms with Crippen LogP contribution < -0.4 is 10.3 Å². The second-order valence-corrected chi connectivity index (χ2v) is 8.03. The molecule has 0 unspecified atom stereocenters. The average molecular weight is 394 g/mol. The highest BCUT2D eigenvalue weighted by molar-refractivity contribution is 5.44. The second kappa shape index (κ2) is 7.65. The van der Waals surface area contributed by atoms with Gasteiger partial charge < -0.3 is 14.5 Å². The van der Waals surface area contributed by atoms with Gasteiger partial charge in [0.15, 0.2) is 0 Å². The van der Waals surface area contributed by atoms with Gasteiger partial charge in [0.1, 0.15) is 17.1 Å². The number of H-pyrrole nitrogens is 1. The standard InChI is InChI=1S/C22H26N4O3/c1-28-19-4-2-15(3-5-19)17-11-25(12-17)13-18-14-26-20(22(27)24-18)10-23-21(26)16-6-8-29-9-7-16/h2-5,10,14,16-17H,6-9,11-13H2,1H3,(H,24,27). The molecule has 5 rings (SSSR count). The van der Waals surface area contributed by atoms with Crippen molar-refractivity contribution in [3.63, 3.8) is 0 Å². The maximum absolute atomic E-state index is 12.6. The molecule has 0 atom stereocenters. The van der Waals surface area contributed by atoms with Crippen LogP contribution in [0.1, 0.15) is 41.8 Å². The predicted octanol–water partition coefficient (Wildman–Crippen LogP) is 2.52. The quantitative estimate of drug-likeness (QED) is 0.720. The van der Waals surface area contributed by atoms with Crippen LogP contribution >= 0.6 is 0 Å². The summed E-state index contributed by atoms with van der Waals surface area (Å²) in [6, 6.07) is 8.31. The normalized spacial score (nSPS) is 18.8. The molecule has 7 nitrogen and oxygen atoms in total.